The Bertz CT molecular complexity index is 330. The average Bonchev–Trinajstić information content (AvgIpc) is 2.56. The molecule has 1 aliphatic heterocycles. The Labute approximate surface area is 135 Å². The lowest BCUT2D eigenvalue weighted by Crippen LogP contribution is -2.48. The fraction of sp³-hybridized carbons (Fsp3) is 0.941. The Hall–Kier alpha value is -0.810. The van der Waals surface area contributed by atoms with Gasteiger partial charge in [0.1, 0.15) is 0 Å². The maximum absolute atomic E-state index is 12.1. The van der Waals surface area contributed by atoms with Gasteiger partial charge in [-0.25, -0.2) is 4.79 Å². The first-order valence-corrected chi connectivity index (χ1v) is 9.02. The van der Waals surface area contributed by atoms with E-state index < -0.39 is 0 Å². The molecular weight excluding hydrogens is 278 g/mol. The van der Waals surface area contributed by atoms with Crippen molar-refractivity contribution in [3.8, 4) is 0 Å². The van der Waals surface area contributed by atoms with Crippen molar-refractivity contribution >= 4 is 6.03 Å². The Morgan fingerprint density at radius 1 is 1.18 bits per heavy atom. The third-order valence-electron chi connectivity index (χ3n) is 5.33. The van der Waals surface area contributed by atoms with Crippen molar-refractivity contribution in [2.75, 3.05) is 33.3 Å². The van der Waals surface area contributed by atoms with Crippen LogP contribution < -0.4 is 10.6 Å². The molecule has 0 radical (unpaired) electrons. The van der Waals surface area contributed by atoms with Gasteiger partial charge >= 0.3 is 6.03 Å². The highest BCUT2D eigenvalue weighted by molar-refractivity contribution is 5.74. The molecule has 5 heteroatoms. The second kappa shape index (κ2) is 9.36. The van der Waals surface area contributed by atoms with Crippen LogP contribution in [0.3, 0.4) is 0 Å². The van der Waals surface area contributed by atoms with E-state index in [-0.39, 0.29) is 6.03 Å². The number of hydrogen-bond donors (Lipinski definition) is 2. The van der Waals surface area contributed by atoms with Crippen molar-refractivity contribution in [2.24, 2.45) is 5.92 Å². The maximum atomic E-state index is 12.1. The summed E-state index contributed by atoms with van der Waals surface area (Å²) >= 11 is 0. The van der Waals surface area contributed by atoms with E-state index in [0.29, 0.717) is 18.1 Å². The number of carbonyl (C=O) groups excluding carboxylic acids is 1. The van der Waals surface area contributed by atoms with Crippen LogP contribution in [0.2, 0.25) is 0 Å². The molecule has 0 aromatic carbocycles. The van der Waals surface area contributed by atoms with Gasteiger partial charge in [-0.05, 0) is 31.6 Å². The van der Waals surface area contributed by atoms with Gasteiger partial charge in [0.2, 0.25) is 0 Å². The number of amides is 2. The molecule has 2 rings (SSSR count). The van der Waals surface area contributed by atoms with Crippen LogP contribution in [-0.2, 0) is 4.74 Å². The second-order valence-corrected chi connectivity index (χ2v) is 6.74. The topological polar surface area (TPSA) is 53.6 Å². The lowest BCUT2D eigenvalue weighted by Gasteiger charge is -2.32. The van der Waals surface area contributed by atoms with Crippen LogP contribution in [0.15, 0.2) is 0 Å². The minimum atomic E-state index is 0.0112. The van der Waals surface area contributed by atoms with E-state index in [1.54, 1.807) is 7.11 Å². The molecule has 128 valence electrons. The molecule has 2 amide bonds. The molecule has 2 aliphatic rings. The Morgan fingerprint density at radius 3 is 2.59 bits per heavy atom. The van der Waals surface area contributed by atoms with Crippen molar-refractivity contribution in [1.82, 2.24) is 15.5 Å². The van der Waals surface area contributed by atoms with Crippen molar-refractivity contribution in [3.05, 3.63) is 0 Å². The number of piperidine rings is 1. The number of hydrogen-bond acceptors (Lipinski definition) is 3. The number of nitrogens with one attached hydrogen (secondary N) is 2. The quantitative estimate of drug-likeness (QED) is 0.792. The standard InChI is InChI=1S/C17H33N3O2/c1-3-14-6-4-5-7-16(14)19-17(21)18-10-13-20-11-8-15(22-2)9-12-20/h14-16H,3-13H2,1-2H3,(H2,18,19,21)/t14-,16-/m0/s1. The Balaban J connectivity index is 1.59. The number of urea groups is 1. The van der Waals surface area contributed by atoms with Gasteiger partial charge in [0, 0.05) is 39.3 Å². The molecule has 2 atom stereocenters. The van der Waals surface area contributed by atoms with E-state index >= 15 is 0 Å². The average molecular weight is 311 g/mol. The molecule has 2 N–H and O–H groups in total. The fourth-order valence-electron chi connectivity index (χ4n) is 3.80. The predicted molar refractivity (Wildman–Crippen MR) is 89.0 cm³/mol. The number of likely N-dealkylation sites (tertiary alicyclic amines) is 1. The van der Waals surface area contributed by atoms with E-state index in [9.17, 15) is 4.79 Å². The van der Waals surface area contributed by atoms with Crippen LogP contribution in [0.5, 0.6) is 0 Å². The Kier molecular flexibility index (Phi) is 7.46. The number of carbonyl (C=O) groups is 1. The van der Waals surface area contributed by atoms with E-state index in [1.165, 1.54) is 25.7 Å². The van der Waals surface area contributed by atoms with E-state index in [2.05, 4.69) is 22.5 Å². The van der Waals surface area contributed by atoms with Crippen molar-refractivity contribution in [2.45, 2.75) is 64.0 Å². The van der Waals surface area contributed by atoms with Gasteiger partial charge in [-0.15, -0.1) is 0 Å². The fourth-order valence-corrected chi connectivity index (χ4v) is 3.80. The normalized spacial score (nSPS) is 27.5. The highest BCUT2D eigenvalue weighted by atomic mass is 16.5. The van der Waals surface area contributed by atoms with E-state index in [4.69, 9.17) is 4.74 Å². The summed E-state index contributed by atoms with van der Waals surface area (Å²) in [5, 5.41) is 6.21. The zero-order valence-corrected chi connectivity index (χ0v) is 14.3. The zero-order chi connectivity index (χ0) is 15.8. The summed E-state index contributed by atoms with van der Waals surface area (Å²) in [5.74, 6) is 0.660. The van der Waals surface area contributed by atoms with Crippen molar-refractivity contribution < 1.29 is 9.53 Å². The smallest absolute Gasteiger partial charge is 0.315 e. The van der Waals surface area contributed by atoms with E-state index in [0.717, 1.165) is 45.4 Å². The first kappa shape index (κ1) is 17.5. The number of ether oxygens (including phenoxy) is 1. The van der Waals surface area contributed by atoms with Gasteiger partial charge in [-0.1, -0.05) is 26.2 Å². The lowest BCUT2D eigenvalue weighted by molar-refractivity contribution is 0.0416. The largest absolute Gasteiger partial charge is 0.381 e. The minimum absolute atomic E-state index is 0.0112. The summed E-state index contributed by atoms with van der Waals surface area (Å²) in [6, 6.07) is 0.383. The molecule has 0 spiro atoms. The molecule has 5 nitrogen and oxygen atoms in total. The van der Waals surface area contributed by atoms with Gasteiger partial charge in [-0.3, -0.25) is 0 Å². The molecule has 1 saturated heterocycles. The summed E-state index contributed by atoms with van der Waals surface area (Å²) in [4.78, 5) is 14.5. The molecule has 1 saturated carbocycles. The molecule has 0 aromatic heterocycles. The number of methoxy groups -OCH3 is 1. The monoisotopic (exact) mass is 311 g/mol. The SMILES string of the molecule is CC[C@H]1CCCC[C@@H]1NC(=O)NCCN1CCC(OC)CC1. The summed E-state index contributed by atoms with van der Waals surface area (Å²) in [6.07, 6.45) is 8.74. The molecule has 0 unspecified atom stereocenters. The summed E-state index contributed by atoms with van der Waals surface area (Å²) < 4.78 is 5.38. The molecule has 1 heterocycles. The van der Waals surface area contributed by atoms with Crippen molar-refractivity contribution in [1.29, 1.82) is 0 Å². The Morgan fingerprint density at radius 2 is 1.91 bits per heavy atom. The summed E-state index contributed by atoms with van der Waals surface area (Å²) in [5.41, 5.74) is 0. The van der Waals surface area contributed by atoms with E-state index in [1.807, 2.05) is 0 Å². The first-order chi connectivity index (χ1) is 10.7. The van der Waals surface area contributed by atoms with Crippen LogP contribution in [0.25, 0.3) is 0 Å². The van der Waals surface area contributed by atoms with Crippen molar-refractivity contribution in [3.63, 3.8) is 0 Å². The molecule has 22 heavy (non-hydrogen) atoms. The first-order valence-electron chi connectivity index (χ1n) is 9.02. The van der Waals surface area contributed by atoms with Crippen LogP contribution in [-0.4, -0.2) is 56.4 Å². The van der Waals surface area contributed by atoms with Gasteiger partial charge in [0.15, 0.2) is 0 Å². The van der Waals surface area contributed by atoms with Crippen LogP contribution in [0.4, 0.5) is 4.79 Å². The third kappa shape index (κ3) is 5.43. The predicted octanol–water partition coefficient (Wildman–Crippen LogP) is 2.37. The van der Waals surface area contributed by atoms with Crippen LogP contribution in [0, 0.1) is 5.92 Å². The summed E-state index contributed by atoms with van der Waals surface area (Å²) in [6.45, 7) is 6.04. The van der Waals surface area contributed by atoms with Crippen LogP contribution in [0.1, 0.15) is 51.9 Å². The van der Waals surface area contributed by atoms with Gasteiger partial charge in [-0.2, -0.15) is 0 Å². The van der Waals surface area contributed by atoms with Gasteiger partial charge in [0.25, 0.3) is 0 Å². The molecule has 0 aromatic rings. The molecule has 2 fully saturated rings. The second-order valence-electron chi connectivity index (χ2n) is 6.74. The molecule has 0 bridgehead atoms. The highest BCUT2D eigenvalue weighted by Gasteiger charge is 2.25. The minimum Gasteiger partial charge on any atom is -0.381 e. The maximum Gasteiger partial charge on any atom is 0.315 e. The van der Waals surface area contributed by atoms with Gasteiger partial charge < -0.3 is 20.3 Å². The molecule has 1 aliphatic carbocycles. The lowest BCUT2D eigenvalue weighted by atomic mass is 9.83. The number of rotatable bonds is 6. The van der Waals surface area contributed by atoms with Crippen LogP contribution >= 0.6 is 0 Å². The number of nitrogens with zero attached hydrogens (tertiary/aromatic N) is 1. The third-order valence-corrected chi connectivity index (χ3v) is 5.33. The highest BCUT2D eigenvalue weighted by Crippen LogP contribution is 2.26. The zero-order valence-electron chi connectivity index (χ0n) is 14.3. The molecular formula is C17H33N3O2. The van der Waals surface area contributed by atoms with Gasteiger partial charge in [0.05, 0.1) is 6.10 Å². The summed E-state index contributed by atoms with van der Waals surface area (Å²) in [7, 11) is 1.79.